The van der Waals surface area contributed by atoms with E-state index in [1.807, 2.05) is 24.3 Å². The third-order valence-electron chi connectivity index (χ3n) is 4.73. The zero-order valence-corrected chi connectivity index (χ0v) is 18.8. The normalized spacial score (nSPS) is 10.6. The number of anilines is 1. The van der Waals surface area contributed by atoms with Gasteiger partial charge in [0.2, 0.25) is 5.75 Å². The minimum atomic E-state index is -0.331. The SMILES string of the molecule is COc1cccc(OC)c1OCn1ccc(C(=O)Nc2cccc(Cn3cc(Cl)cn3)c2)n1. The Morgan fingerprint density at radius 2 is 1.82 bits per heavy atom. The van der Waals surface area contributed by atoms with Gasteiger partial charge in [-0.15, -0.1) is 0 Å². The van der Waals surface area contributed by atoms with Gasteiger partial charge in [-0.1, -0.05) is 29.8 Å². The van der Waals surface area contributed by atoms with E-state index in [0.717, 1.165) is 5.56 Å². The van der Waals surface area contributed by atoms with Crippen molar-refractivity contribution in [3.63, 3.8) is 0 Å². The van der Waals surface area contributed by atoms with Crippen LogP contribution in [0.25, 0.3) is 0 Å². The zero-order chi connectivity index (χ0) is 23.2. The molecular formula is C23H22ClN5O4. The van der Waals surface area contributed by atoms with Crippen LogP contribution in [0.3, 0.4) is 0 Å². The lowest BCUT2D eigenvalue weighted by Crippen LogP contribution is -2.14. The number of benzene rings is 2. The molecule has 0 spiro atoms. The Morgan fingerprint density at radius 1 is 1.06 bits per heavy atom. The molecule has 4 aromatic rings. The van der Waals surface area contributed by atoms with Gasteiger partial charge in [0.1, 0.15) is 0 Å². The topological polar surface area (TPSA) is 92.4 Å². The number of nitrogens with one attached hydrogen (secondary N) is 1. The van der Waals surface area contributed by atoms with Crippen molar-refractivity contribution >= 4 is 23.2 Å². The quantitative estimate of drug-likeness (QED) is 0.398. The van der Waals surface area contributed by atoms with Crippen molar-refractivity contribution in [2.24, 2.45) is 0 Å². The lowest BCUT2D eigenvalue weighted by Gasteiger charge is -2.13. The predicted octanol–water partition coefficient (Wildman–Crippen LogP) is 4.09. The average Bonchev–Trinajstić information content (AvgIpc) is 3.46. The summed E-state index contributed by atoms with van der Waals surface area (Å²) < 4.78 is 19.7. The highest BCUT2D eigenvalue weighted by Crippen LogP contribution is 2.36. The molecule has 170 valence electrons. The van der Waals surface area contributed by atoms with Crippen LogP contribution in [0.5, 0.6) is 17.2 Å². The van der Waals surface area contributed by atoms with Gasteiger partial charge in [-0.3, -0.25) is 9.48 Å². The molecule has 33 heavy (non-hydrogen) atoms. The van der Waals surface area contributed by atoms with Crippen molar-refractivity contribution in [1.82, 2.24) is 19.6 Å². The first-order valence-electron chi connectivity index (χ1n) is 10.0. The molecule has 2 aromatic carbocycles. The predicted molar refractivity (Wildman–Crippen MR) is 123 cm³/mol. The molecule has 0 atom stereocenters. The van der Waals surface area contributed by atoms with Gasteiger partial charge in [-0.05, 0) is 35.9 Å². The molecule has 1 N–H and O–H groups in total. The zero-order valence-electron chi connectivity index (χ0n) is 18.1. The van der Waals surface area contributed by atoms with E-state index >= 15 is 0 Å². The van der Waals surface area contributed by atoms with Crippen molar-refractivity contribution in [3.05, 3.63) is 83.4 Å². The Bertz CT molecular complexity index is 1230. The van der Waals surface area contributed by atoms with E-state index in [4.69, 9.17) is 25.8 Å². The summed E-state index contributed by atoms with van der Waals surface area (Å²) in [7, 11) is 3.11. The molecule has 0 bridgehead atoms. The highest BCUT2D eigenvalue weighted by atomic mass is 35.5. The number of carbonyl (C=O) groups is 1. The van der Waals surface area contributed by atoms with Gasteiger partial charge in [-0.2, -0.15) is 10.2 Å². The minimum absolute atomic E-state index is 0.0753. The Balaban J connectivity index is 1.39. The van der Waals surface area contributed by atoms with E-state index in [1.165, 1.54) is 4.68 Å². The first-order valence-corrected chi connectivity index (χ1v) is 10.4. The molecule has 2 heterocycles. The summed E-state index contributed by atoms with van der Waals surface area (Å²) in [6.45, 7) is 0.612. The highest BCUT2D eigenvalue weighted by molar-refractivity contribution is 6.30. The molecule has 2 aromatic heterocycles. The second-order valence-electron chi connectivity index (χ2n) is 7.02. The maximum absolute atomic E-state index is 12.7. The van der Waals surface area contributed by atoms with Gasteiger partial charge in [0.15, 0.2) is 23.9 Å². The molecule has 9 nitrogen and oxygen atoms in total. The molecule has 0 aliphatic carbocycles. The number of hydrogen-bond donors (Lipinski definition) is 1. The van der Waals surface area contributed by atoms with Crippen LogP contribution in [-0.2, 0) is 13.3 Å². The fraction of sp³-hybridized carbons (Fsp3) is 0.174. The summed E-state index contributed by atoms with van der Waals surface area (Å²) >= 11 is 5.91. The third-order valence-corrected chi connectivity index (χ3v) is 4.92. The van der Waals surface area contributed by atoms with Crippen LogP contribution in [0.15, 0.2) is 67.1 Å². The van der Waals surface area contributed by atoms with Gasteiger partial charge in [0, 0.05) is 18.1 Å². The van der Waals surface area contributed by atoms with E-state index in [1.54, 1.807) is 61.8 Å². The smallest absolute Gasteiger partial charge is 0.276 e. The summed E-state index contributed by atoms with van der Waals surface area (Å²) in [5.41, 5.74) is 1.88. The fourth-order valence-corrected chi connectivity index (χ4v) is 3.36. The van der Waals surface area contributed by atoms with Gasteiger partial charge in [0.25, 0.3) is 5.91 Å². The maximum Gasteiger partial charge on any atom is 0.276 e. The summed E-state index contributed by atoms with van der Waals surface area (Å²) in [4.78, 5) is 12.7. The van der Waals surface area contributed by atoms with Crippen LogP contribution in [0.4, 0.5) is 5.69 Å². The number of carbonyl (C=O) groups excluding carboxylic acids is 1. The molecular weight excluding hydrogens is 446 g/mol. The molecule has 1 amide bonds. The molecule has 0 aliphatic heterocycles. The number of nitrogens with zero attached hydrogens (tertiary/aromatic N) is 4. The van der Waals surface area contributed by atoms with Gasteiger partial charge in [0.05, 0.1) is 32.0 Å². The van der Waals surface area contributed by atoms with Crippen molar-refractivity contribution in [2.75, 3.05) is 19.5 Å². The Morgan fingerprint density at radius 3 is 2.52 bits per heavy atom. The summed E-state index contributed by atoms with van der Waals surface area (Å²) in [6, 6.07) is 14.5. The number of halogens is 1. The summed E-state index contributed by atoms with van der Waals surface area (Å²) in [5, 5.41) is 11.9. The van der Waals surface area contributed by atoms with Crippen LogP contribution in [0.1, 0.15) is 16.1 Å². The minimum Gasteiger partial charge on any atom is -0.493 e. The standard InChI is InChI=1S/C23H22ClN5O4/c1-31-20-7-4-8-21(32-2)22(20)33-15-28-10-9-19(27-28)23(30)26-18-6-3-5-16(11-18)13-29-14-17(24)12-25-29/h3-12,14H,13,15H2,1-2H3,(H,26,30). The summed E-state index contributed by atoms with van der Waals surface area (Å²) in [6.07, 6.45) is 4.98. The van der Waals surface area contributed by atoms with E-state index < -0.39 is 0 Å². The summed E-state index contributed by atoms with van der Waals surface area (Å²) in [5.74, 6) is 1.20. The second kappa shape index (κ2) is 10.1. The maximum atomic E-state index is 12.7. The van der Waals surface area contributed by atoms with Crippen LogP contribution < -0.4 is 19.5 Å². The van der Waals surface area contributed by atoms with Crippen LogP contribution in [0.2, 0.25) is 5.02 Å². The first kappa shape index (κ1) is 22.2. The Hall–Kier alpha value is -3.98. The molecule has 0 unspecified atom stereocenters. The van der Waals surface area contributed by atoms with E-state index in [0.29, 0.717) is 34.5 Å². The number of amides is 1. The molecule has 10 heteroatoms. The highest BCUT2D eigenvalue weighted by Gasteiger charge is 2.14. The van der Waals surface area contributed by atoms with E-state index in [2.05, 4.69) is 15.5 Å². The third kappa shape index (κ3) is 5.45. The first-order chi connectivity index (χ1) is 16.1. The number of hydrogen-bond acceptors (Lipinski definition) is 6. The number of para-hydroxylation sites is 1. The van der Waals surface area contributed by atoms with Crippen LogP contribution in [-0.4, -0.2) is 39.7 Å². The Kier molecular flexibility index (Phi) is 6.80. The molecule has 0 aliphatic rings. The van der Waals surface area contributed by atoms with Gasteiger partial charge < -0.3 is 19.5 Å². The molecule has 0 fully saturated rings. The number of methoxy groups -OCH3 is 2. The van der Waals surface area contributed by atoms with Crippen molar-refractivity contribution in [2.45, 2.75) is 13.3 Å². The number of aromatic nitrogens is 4. The van der Waals surface area contributed by atoms with Gasteiger partial charge >= 0.3 is 0 Å². The van der Waals surface area contributed by atoms with E-state index in [-0.39, 0.29) is 18.3 Å². The van der Waals surface area contributed by atoms with Crippen molar-refractivity contribution in [3.8, 4) is 17.2 Å². The van der Waals surface area contributed by atoms with Crippen molar-refractivity contribution in [1.29, 1.82) is 0 Å². The largest absolute Gasteiger partial charge is 0.493 e. The fourth-order valence-electron chi connectivity index (χ4n) is 3.20. The monoisotopic (exact) mass is 467 g/mol. The van der Waals surface area contributed by atoms with Crippen molar-refractivity contribution < 1.29 is 19.0 Å². The number of rotatable bonds is 9. The average molecular weight is 468 g/mol. The Labute approximate surface area is 195 Å². The van der Waals surface area contributed by atoms with Crippen LogP contribution >= 0.6 is 11.6 Å². The lowest BCUT2D eigenvalue weighted by atomic mass is 10.2. The molecule has 0 saturated carbocycles. The second-order valence-corrected chi connectivity index (χ2v) is 7.45. The number of ether oxygens (including phenoxy) is 3. The lowest BCUT2D eigenvalue weighted by molar-refractivity contribution is 0.102. The van der Waals surface area contributed by atoms with Gasteiger partial charge in [-0.25, -0.2) is 4.68 Å². The molecule has 4 rings (SSSR count). The molecule has 0 saturated heterocycles. The van der Waals surface area contributed by atoms with Crippen LogP contribution in [0, 0.1) is 0 Å². The molecule has 0 radical (unpaired) electrons. The van der Waals surface area contributed by atoms with E-state index in [9.17, 15) is 4.79 Å².